The Kier molecular flexibility index (Phi) is 2.44. The monoisotopic (exact) mass is 220 g/mol. The van der Waals surface area contributed by atoms with E-state index in [1.54, 1.807) is 19.1 Å². The van der Waals surface area contributed by atoms with Crippen molar-refractivity contribution < 1.29 is 14.4 Å². The number of anilines is 1. The third-order valence-electron chi connectivity index (χ3n) is 2.34. The van der Waals surface area contributed by atoms with Gasteiger partial charge in [-0.2, -0.15) is 0 Å². The van der Waals surface area contributed by atoms with Crippen molar-refractivity contribution in [3.8, 4) is 22.8 Å². The molecule has 16 heavy (non-hydrogen) atoms. The molecule has 0 saturated carbocycles. The van der Waals surface area contributed by atoms with Gasteiger partial charge in [-0.15, -0.1) is 0 Å². The lowest BCUT2D eigenvalue weighted by Crippen LogP contribution is -1.89. The van der Waals surface area contributed by atoms with Gasteiger partial charge in [0.25, 0.3) is 0 Å². The van der Waals surface area contributed by atoms with E-state index in [4.69, 9.17) is 15.0 Å². The van der Waals surface area contributed by atoms with Crippen LogP contribution < -0.4 is 10.5 Å². The summed E-state index contributed by atoms with van der Waals surface area (Å²) in [6.45, 7) is 1.79. The first-order chi connectivity index (χ1) is 7.63. The van der Waals surface area contributed by atoms with Crippen LogP contribution in [0, 0.1) is 6.92 Å². The van der Waals surface area contributed by atoms with Crippen molar-refractivity contribution in [3.63, 3.8) is 0 Å². The van der Waals surface area contributed by atoms with Crippen LogP contribution in [0.4, 0.5) is 5.82 Å². The molecule has 0 bridgehead atoms. The molecule has 1 heterocycles. The van der Waals surface area contributed by atoms with Gasteiger partial charge in [-0.25, -0.2) is 0 Å². The SMILES string of the molecule is COc1ccc(C)c(O)c1-c1cc(N)no1. The molecule has 0 saturated heterocycles. The van der Waals surface area contributed by atoms with Gasteiger partial charge in [-0.1, -0.05) is 11.2 Å². The van der Waals surface area contributed by atoms with Crippen LogP contribution in [0.5, 0.6) is 11.5 Å². The smallest absolute Gasteiger partial charge is 0.176 e. The first kappa shape index (κ1) is 10.4. The van der Waals surface area contributed by atoms with E-state index in [1.165, 1.54) is 13.2 Å². The van der Waals surface area contributed by atoms with Crippen LogP contribution in [0.3, 0.4) is 0 Å². The van der Waals surface area contributed by atoms with Crippen molar-refractivity contribution in [3.05, 3.63) is 23.8 Å². The van der Waals surface area contributed by atoms with E-state index in [9.17, 15) is 5.11 Å². The molecule has 2 rings (SSSR count). The predicted molar refractivity (Wildman–Crippen MR) is 59.3 cm³/mol. The summed E-state index contributed by atoms with van der Waals surface area (Å²) in [4.78, 5) is 0. The molecule has 0 atom stereocenters. The minimum absolute atomic E-state index is 0.107. The Bertz CT molecular complexity index is 520. The number of aromatic hydroxyl groups is 1. The van der Waals surface area contributed by atoms with Crippen molar-refractivity contribution in [2.24, 2.45) is 0 Å². The summed E-state index contributed by atoms with van der Waals surface area (Å²) in [5.74, 6) is 1.27. The van der Waals surface area contributed by atoms with Gasteiger partial charge in [0, 0.05) is 6.07 Å². The maximum Gasteiger partial charge on any atom is 0.176 e. The molecular weight excluding hydrogens is 208 g/mol. The highest BCUT2D eigenvalue weighted by Crippen LogP contribution is 2.40. The number of benzene rings is 1. The van der Waals surface area contributed by atoms with E-state index in [1.807, 2.05) is 0 Å². The molecule has 1 aromatic carbocycles. The Morgan fingerprint density at radius 1 is 1.44 bits per heavy atom. The summed E-state index contributed by atoms with van der Waals surface area (Å²) in [5, 5.41) is 13.5. The summed E-state index contributed by atoms with van der Waals surface area (Å²) in [5.41, 5.74) is 6.66. The Morgan fingerprint density at radius 2 is 2.19 bits per heavy atom. The summed E-state index contributed by atoms with van der Waals surface area (Å²) >= 11 is 0. The van der Waals surface area contributed by atoms with Gasteiger partial charge in [0.1, 0.15) is 17.1 Å². The van der Waals surface area contributed by atoms with Gasteiger partial charge in [0.15, 0.2) is 11.6 Å². The van der Waals surface area contributed by atoms with Crippen LogP contribution in [-0.2, 0) is 0 Å². The molecule has 84 valence electrons. The molecular formula is C11H12N2O3. The highest BCUT2D eigenvalue weighted by Gasteiger charge is 2.17. The van der Waals surface area contributed by atoms with Gasteiger partial charge in [-0.3, -0.25) is 0 Å². The fraction of sp³-hybridized carbons (Fsp3) is 0.182. The lowest BCUT2D eigenvalue weighted by Gasteiger charge is -2.09. The molecule has 0 aliphatic carbocycles. The molecule has 5 nitrogen and oxygen atoms in total. The second-order valence-corrected chi connectivity index (χ2v) is 3.42. The third-order valence-corrected chi connectivity index (χ3v) is 2.34. The second kappa shape index (κ2) is 3.77. The molecule has 0 fully saturated rings. The van der Waals surface area contributed by atoms with Gasteiger partial charge < -0.3 is 20.1 Å². The molecule has 5 heteroatoms. The second-order valence-electron chi connectivity index (χ2n) is 3.42. The third kappa shape index (κ3) is 1.56. The Labute approximate surface area is 92.4 Å². The number of phenols is 1. The highest BCUT2D eigenvalue weighted by atomic mass is 16.5. The number of nitrogen functional groups attached to an aromatic ring is 1. The number of aromatic nitrogens is 1. The number of nitrogens with zero attached hydrogens (tertiary/aromatic N) is 1. The number of hydrogen-bond donors (Lipinski definition) is 2. The van der Waals surface area contributed by atoms with E-state index >= 15 is 0 Å². The molecule has 0 aliphatic heterocycles. The zero-order chi connectivity index (χ0) is 11.7. The molecule has 0 unspecified atom stereocenters. The Hall–Kier alpha value is -2.17. The average Bonchev–Trinajstić information content (AvgIpc) is 2.68. The van der Waals surface area contributed by atoms with E-state index < -0.39 is 0 Å². The van der Waals surface area contributed by atoms with Crippen molar-refractivity contribution in [1.82, 2.24) is 5.16 Å². The topological polar surface area (TPSA) is 81.5 Å². The lowest BCUT2D eigenvalue weighted by atomic mass is 10.1. The quantitative estimate of drug-likeness (QED) is 0.808. The first-order valence-corrected chi connectivity index (χ1v) is 4.72. The minimum Gasteiger partial charge on any atom is -0.507 e. The Morgan fingerprint density at radius 3 is 2.75 bits per heavy atom. The fourth-order valence-corrected chi connectivity index (χ4v) is 1.49. The van der Waals surface area contributed by atoms with Crippen LogP contribution in [-0.4, -0.2) is 17.4 Å². The normalized spacial score (nSPS) is 10.4. The minimum atomic E-state index is 0.107. The molecule has 0 spiro atoms. The van der Waals surface area contributed by atoms with Crippen LogP contribution >= 0.6 is 0 Å². The molecule has 2 aromatic rings. The maximum absolute atomic E-state index is 9.96. The molecule has 0 radical (unpaired) electrons. The zero-order valence-corrected chi connectivity index (χ0v) is 9.02. The average molecular weight is 220 g/mol. The summed E-state index contributed by atoms with van der Waals surface area (Å²) in [6.07, 6.45) is 0. The molecule has 3 N–H and O–H groups in total. The van der Waals surface area contributed by atoms with Gasteiger partial charge in [0.2, 0.25) is 0 Å². The number of methoxy groups -OCH3 is 1. The number of phenolic OH excluding ortho intramolecular Hbond substituents is 1. The Balaban J connectivity index is 2.66. The van der Waals surface area contributed by atoms with E-state index in [-0.39, 0.29) is 11.6 Å². The predicted octanol–water partition coefficient (Wildman–Crippen LogP) is 1.95. The lowest BCUT2D eigenvalue weighted by molar-refractivity contribution is 0.398. The van der Waals surface area contributed by atoms with Gasteiger partial charge in [0.05, 0.1) is 7.11 Å². The fourth-order valence-electron chi connectivity index (χ4n) is 1.49. The number of aryl methyl sites for hydroxylation is 1. The van der Waals surface area contributed by atoms with Crippen LogP contribution in [0.2, 0.25) is 0 Å². The summed E-state index contributed by atoms with van der Waals surface area (Å²) < 4.78 is 10.2. The van der Waals surface area contributed by atoms with Crippen molar-refractivity contribution >= 4 is 5.82 Å². The number of hydrogen-bond acceptors (Lipinski definition) is 5. The largest absolute Gasteiger partial charge is 0.507 e. The van der Waals surface area contributed by atoms with Crippen LogP contribution in [0.1, 0.15) is 5.56 Å². The van der Waals surface area contributed by atoms with Gasteiger partial charge in [-0.05, 0) is 18.6 Å². The van der Waals surface area contributed by atoms with Crippen molar-refractivity contribution in [2.75, 3.05) is 12.8 Å². The maximum atomic E-state index is 9.96. The highest BCUT2D eigenvalue weighted by molar-refractivity contribution is 5.75. The summed E-state index contributed by atoms with van der Waals surface area (Å²) in [6, 6.07) is 5.05. The standard InChI is InChI=1S/C11H12N2O3/c1-6-3-4-7(15-2)10(11(6)14)8-5-9(12)13-16-8/h3-5,14H,1-2H3,(H2,12,13). The van der Waals surface area contributed by atoms with E-state index in [0.717, 1.165) is 5.56 Å². The molecule has 1 aromatic heterocycles. The van der Waals surface area contributed by atoms with Crippen molar-refractivity contribution in [1.29, 1.82) is 0 Å². The van der Waals surface area contributed by atoms with Crippen LogP contribution in [0.15, 0.2) is 22.7 Å². The molecule has 0 amide bonds. The number of rotatable bonds is 2. The number of nitrogens with two attached hydrogens (primary N) is 1. The zero-order valence-electron chi connectivity index (χ0n) is 9.02. The molecule has 0 aliphatic rings. The van der Waals surface area contributed by atoms with Crippen molar-refractivity contribution in [2.45, 2.75) is 6.92 Å². The van der Waals surface area contributed by atoms with E-state index in [0.29, 0.717) is 17.1 Å². The summed E-state index contributed by atoms with van der Waals surface area (Å²) in [7, 11) is 1.52. The van der Waals surface area contributed by atoms with Gasteiger partial charge >= 0.3 is 0 Å². The number of ether oxygens (including phenoxy) is 1. The first-order valence-electron chi connectivity index (χ1n) is 4.72. The van der Waals surface area contributed by atoms with E-state index in [2.05, 4.69) is 5.16 Å². The van der Waals surface area contributed by atoms with Crippen LogP contribution in [0.25, 0.3) is 11.3 Å².